The molecule has 0 aliphatic carbocycles. The standard InChI is InChI=1S/C15H9F3N4O3/c1-24-10-3-2-7(4-11(10)25-15(16,17)18)12-8(5-19)13(21)22-14(23)9(12)6-20/h2-4H,1H3,(H3,21,22,23). The molecule has 0 spiro atoms. The van der Waals surface area contributed by atoms with Crippen molar-refractivity contribution in [2.45, 2.75) is 6.36 Å². The summed E-state index contributed by atoms with van der Waals surface area (Å²) in [4.78, 5) is 14.0. The maximum atomic E-state index is 12.6. The van der Waals surface area contributed by atoms with Crippen molar-refractivity contribution in [3.63, 3.8) is 0 Å². The Hall–Kier alpha value is -3.66. The third-order valence-corrected chi connectivity index (χ3v) is 3.15. The van der Waals surface area contributed by atoms with Crippen molar-refractivity contribution in [3.8, 4) is 34.8 Å². The van der Waals surface area contributed by atoms with Gasteiger partial charge in [-0.1, -0.05) is 6.07 Å². The van der Waals surface area contributed by atoms with E-state index in [1.54, 1.807) is 12.1 Å². The average Bonchev–Trinajstić information content (AvgIpc) is 2.52. The van der Waals surface area contributed by atoms with Crippen LogP contribution in [0.3, 0.4) is 0 Å². The van der Waals surface area contributed by atoms with E-state index in [4.69, 9.17) is 10.5 Å². The van der Waals surface area contributed by atoms with Crippen LogP contribution in [0.25, 0.3) is 11.1 Å². The number of ether oxygens (including phenoxy) is 2. The second kappa shape index (κ2) is 6.45. The molecule has 7 nitrogen and oxygen atoms in total. The highest BCUT2D eigenvalue weighted by molar-refractivity contribution is 5.81. The van der Waals surface area contributed by atoms with E-state index in [1.165, 1.54) is 6.07 Å². The number of nitrogens with zero attached hydrogens (tertiary/aromatic N) is 2. The van der Waals surface area contributed by atoms with Crippen LogP contribution in [0.5, 0.6) is 11.5 Å². The summed E-state index contributed by atoms with van der Waals surface area (Å²) in [6.45, 7) is 0. The number of alkyl halides is 3. The van der Waals surface area contributed by atoms with Crippen molar-refractivity contribution < 1.29 is 22.6 Å². The van der Waals surface area contributed by atoms with E-state index >= 15 is 0 Å². The molecule has 25 heavy (non-hydrogen) atoms. The van der Waals surface area contributed by atoms with E-state index in [-0.39, 0.29) is 28.3 Å². The summed E-state index contributed by atoms with van der Waals surface area (Å²) in [5.41, 5.74) is 3.75. The van der Waals surface area contributed by atoms with Gasteiger partial charge in [0.05, 0.1) is 7.11 Å². The van der Waals surface area contributed by atoms with Crippen LogP contribution in [-0.2, 0) is 0 Å². The number of aromatic amines is 1. The summed E-state index contributed by atoms with van der Waals surface area (Å²) < 4.78 is 46.3. The van der Waals surface area contributed by atoms with Crippen LogP contribution in [0, 0.1) is 22.7 Å². The quantitative estimate of drug-likeness (QED) is 0.875. The summed E-state index contributed by atoms with van der Waals surface area (Å²) in [5.74, 6) is -1.23. The molecule has 0 bridgehead atoms. The smallest absolute Gasteiger partial charge is 0.493 e. The Balaban J connectivity index is 2.80. The Morgan fingerprint density at radius 3 is 2.32 bits per heavy atom. The number of methoxy groups -OCH3 is 1. The Morgan fingerprint density at radius 1 is 1.16 bits per heavy atom. The highest BCUT2D eigenvalue weighted by Gasteiger charge is 2.33. The fraction of sp³-hybridized carbons (Fsp3) is 0.133. The van der Waals surface area contributed by atoms with Crippen molar-refractivity contribution in [1.82, 2.24) is 4.98 Å². The number of pyridine rings is 1. The molecule has 0 radical (unpaired) electrons. The first-order valence-electron chi connectivity index (χ1n) is 6.52. The Kier molecular flexibility index (Phi) is 4.57. The molecule has 10 heteroatoms. The van der Waals surface area contributed by atoms with E-state index < -0.39 is 23.2 Å². The fourth-order valence-electron chi connectivity index (χ4n) is 2.17. The maximum absolute atomic E-state index is 12.6. The molecule has 0 saturated heterocycles. The molecule has 0 atom stereocenters. The van der Waals surface area contributed by atoms with Crippen molar-refractivity contribution in [2.75, 3.05) is 12.8 Å². The first-order chi connectivity index (χ1) is 11.7. The van der Waals surface area contributed by atoms with Crippen LogP contribution in [0.2, 0.25) is 0 Å². The van der Waals surface area contributed by atoms with Crippen LogP contribution in [-0.4, -0.2) is 18.5 Å². The van der Waals surface area contributed by atoms with Gasteiger partial charge in [0.15, 0.2) is 11.5 Å². The molecule has 0 aliphatic heterocycles. The van der Waals surface area contributed by atoms with Crippen molar-refractivity contribution >= 4 is 5.82 Å². The molecule has 1 aromatic carbocycles. The minimum absolute atomic E-state index is 0.0362. The van der Waals surface area contributed by atoms with Crippen LogP contribution in [0.15, 0.2) is 23.0 Å². The lowest BCUT2D eigenvalue weighted by Crippen LogP contribution is -2.18. The largest absolute Gasteiger partial charge is 0.573 e. The van der Waals surface area contributed by atoms with Crippen LogP contribution in [0.1, 0.15) is 11.1 Å². The molecule has 2 rings (SSSR count). The van der Waals surface area contributed by atoms with Gasteiger partial charge >= 0.3 is 6.36 Å². The number of nitrogens with two attached hydrogens (primary N) is 1. The third kappa shape index (κ3) is 3.48. The highest BCUT2D eigenvalue weighted by atomic mass is 19.4. The topological polar surface area (TPSA) is 125 Å². The summed E-state index contributed by atoms with van der Waals surface area (Å²) in [6.07, 6.45) is -4.99. The van der Waals surface area contributed by atoms with Crippen molar-refractivity contribution in [3.05, 3.63) is 39.7 Å². The van der Waals surface area contributed by atoms with E-state index in [0.717, 1.165) is 19.2 Å². The second-order valence-electron chi connectivity index (χ2n) is 4.63. The number of nitriles is 2. The molecule has 3 N–H and O–H groups in total. The first kappa shape index (κ1) is 17.7. The van der Waals surface area contributed by atoms with E-state index in [9.17, 15) is 28.5 Å². The highest BCUT2D eigenvalue weighted by Crippen LogP contribution is 2.37. The number of benzene rings is 1. The number of nitrogens with one attached hydrogen (secondary N) is 1. The van der Waals surface area contributed by atoms with Gasteiger partial charge in [-0.25, -0.2) is 0 Å². The van der Waals surface area contributed by atoms with Gasteiger partial charge in [0, 0.05) is 5.56 Å². The number of H-pyrrole nitrogens is 1. The number of halogens is 3. The molecule has 128 valence electrons. The van der Waals surface area contributed by atoms with Gasteiger partial charge in [-0.15, -0.1) is 13.2 Å². The number of rotatable bonds is 3. The molecule has 1 heterocycles. The lowest BCUT2D eigenvalue weighted by molar-refractivity contribution is -0.275. The van der Waals surface area contributed by atoms with E-state index in [1.807, 2.05) is 0 Å². The second-order valence-corrected chi connectivity index (χ2v) is 4.63. The normalized spacial score (nSPS) is 10.6. The average molecular weight is 350 g/mol. The van der Waals surface area contributed by atoms with Crippen LogP contribution in [0.4, 0.5) is 19.0 Å². The van der Waals surface area contributed by atoms with Crippen molar-refractivity contribution in [1.29, 1.82) is 10.5 Å². The van der Waals surface area contributed by atoms with E-state index in [0.29, 0.717) is 0 Å². The molecule has 2 aromatic rings. The molecule has 1 aromatic heterocycles. The minimum atomic E-state index is -4.99. The molecule has 0 amide bonds. The molecule has 0 fully saturated rings. The Labute approximate surface area is 138 Å². The van der Waals surface area contributed by atoms with Crippen molar-refractivity contribution in [2.24, 2.45) is 0 Å². The predicted octanol–water partition coefficient (Wildman–Crippen LogP) is 2.27. The lowest BCUT2D eigenvalue weighted by atomic mass is 9.96. The molecule has 0 unspecified atom stereocenters. The number of nitrogen functional groups attached to an aromatic ring is 1. The predicted molar refractivity (Wildman–Crippen MR) is 79.6 cm³/mol. The zero-order valence-electron chi connectivity index (χ0n) is 12.6. The monoisotopic (exact) mass is 350 g/mol. The molecular formula is C15H9F3N4O3. The zero-order chi connectivity index (χ0) is 18.8. The molecule has 0 saturated carbocycles. The Morgan fingerprint density at radius 2 is 1.80 bits per heavy atom. The van der Waals surface area contributed by atoms with Gasteiger partial charge in [-0.3, -0.25) is 4.79 Å². The van der Waals surface area contributed by atoms with Crippen LogP contribution < -0.4 is 20.8 Å². The molecule has 0 aliphatic rings. The van der Waals surface area contributed by atoms with E-state index in [2.05, 4.69) is 9.72 Å². The van der Waals surface area contributed by atoms with Crippen LogP contribution >= 0.6 is 0 Å². The maximum Gasteiger partial charge on any atom is 0.573 e. The molecular weight excluding hydrogens is 341 g/mol. The SMILES string of the molecule is COc1ccc(-c2c(C#N)c(N)[nH]c(=O)c2C#N)cc1OC(F)(F)F. The summed E-state index contributed by atoms with van der Waals surface area (Å²) >= 11 is 0. The van der Waals surface area contributed by atoms with Gasteiger partial charge in [0.25, 0.3) is 5.56 Å². The zero-order valence-corrected chi connectivity index (χ0v) is 12.6. The number of hydrogen-bond donors (Lipinski definition) is 2. The summed E-state index contributed by atoms with van der Waals surface area (Å²) in [7, 11) is 1.14. The number of anilines is 1. The first-order valence-corrected chi connectivity index (χ1v) is 6.52. The lowest BCUT2D eigenvalue weighted by Gasteiger charge is -2.15. The fourth-order valence-corrected chi connectivity index (χ4v) is 2.17. The van der Waals surface area contributed by atoms with Gasteiger partial charge in [0.2, 0.25) is 0 Å². The summed E-state index contributed by atoms with van der Waals surface area (Å²) in [5, 5.41) is 18.4. The summed E-state index contributed by atoms with van der Waals surface area (Å²) in [6, 6.07) is 6.67. The third-order valence-electron chi connectivity index (χ3n) is 3.15. The van der Waals surface area contributed by atoms with Gasteiger partial charge in [-0.05, 0) is 17.7 Å². The Bertz CT molecular complexity index is 968. The van der Waals surface area contributed by atoms with Gasteiger partial charge < -0.3 is 20.2 Å². The van der Waals surface area contributed by atoms with Gasteiger partial charge in [0.1, 0.15) is 29.1 Å². The minimum Gasteiger partial charge on any atom is -0.493 e. The number of aromatic nitrogens is 1. The number of hydrogen-bond acceptors (Lipinski definition) is 6. The van der Waals surface area contributed by atoms with Gasteiger partial charge in [-0.2, -0.15) is 10.5 Å².